The largest absolute Gasteiger partial charge is 0.205 e. The van der Waals surface area contributed by atoms with E-state index in [-0.39, 0.29) is 10.8 Å². The molecule has 0 nitrogen and oxygen atoms in total. The van der Waals surface area contributed by atoms with Gasteiger partial charge in [0.2, 0.25) is 0 Å². The molecule has 0 atom stereocenters. The summed E-state index contributed by atoms with van der Waals surface area (Å²) in [6.07, 6.45) is 0. The van der Waals surface area contributed by atoms with Crippen molar-refractivity contribution in [3.8, 4) is 11.1 Å². The summed E-state index contributed by atoms with van der Waals surface area (Å²) in [7, 11) is 0. The van der Waals surface area contributed by atoms with Crippen molar-refractivity contribution in [1.29, 1.82) is 0 Å². The maximum atomic E-state index is 13.9. The van der Waals surface area contributed by atoms with Crippen LogP contribution in [0.15, 0.2) is 48.5 Å². The first kappa shape index (κ1) is 13.1. The van der Waals surface area contributed by atoms with E-state index in [4.69, 9.17) is 11.6 Å². The fourth-order valence-electron chi connectivity index (χ4n) is 2.40. The fraction of sp³-hybridized carbons (Fsp3) is 0.111. The van der Waals surface area contributed by atoms with Gasteiger partial charge in [0, 0.05) is 5.56 Å². The Bertz CT molecular complexity index is 806. The van der Waals surface area contributed by atoms with Crippen LogP contribution < -0.4 is 0 Å². The molecule has 3 aromatic carbocycles. The van der Waals surface area contributed by atoms with Crippen molar-refractivity contribution < 1.29 is 4.39 Å². The first-order valence-electron chi connectivity index (χ1n) is 6.51. The number of hydrogen-bond donors (Lipinski definition) is 0. The fourth-order valence-corrected chi connectivity index (χ4v) is 2.72. The monoisotopic (exact) mass is 284 g/mol. The first-order chi connectivity index (χ1) is 9.56. The number of fused-ring (bicyclic) bond motifs is 1. The van der Waals surface area contributed by atoms with Crippen LogP contribution in [-0.4, -0.2) is 0 Å². The molecule has 0 aliphatic heterocycles. The van der Waals surface area contributed by atoms with Crippen LogP contribution in [0.1, 0.15) is 11.1 Å². The first-order valence-corrected chi connectivity index (χ1v) is 6.89. The van der Waals surface area contributed by atoms with Crippen LogP contribution in [0.2, 0.25) is 5.02 Å². The SMILES string of the molecule is Cc1ccc2cc(-c3ccc(C)c(F)c3Cl)ccc2c1. The molecule has 0 heterocycles. The highest BCUT2D eigenvalue weighted by molar-refractivity contribution is 6.33. The molecule has 100 valence electrons. The van der Waals surface area contributed by atoms with Gasteiger partial charge in [-0.3, -0.25) is 0 Å². The minimum Gasteiger partial charge on any atom is -0.205 e. The molecule has 3 rings (SSSR count). The molecule has 0 unspecified atom stereocenters. The van der Waals surface area contributed by atoms with Gasteiger partial charge in [-0.25, -0.2) is 4.39 Å². The van der Waals surface area contributed by atoms with Crippen LogP contribution in [0, 0.1) is 19.7 Å². The molecule has 0 saturated heterocycles. The smallest absolute Gasteiger partial charge is 0.145 e. The third-order valence-electron chi connectivity index (χ3n) is 3.58. The Morgan fingerprint density at radius 3 is 2.35 bits per heavy atom. The van der Waals surface area contributed by atoms with Crippen molar-refractivity contribution >= 4 is 22.4 Å². The topological polar surface area (TPSA) is 0 Å². The van der Waals surface area contributed by atoms with Gasteiger partial charge < -0.3 is 0 Å². The Balaban J connectivity index is 2.20. The minimum atomic E-state index is -0.340. The summed E-state index contributed by atoms with van der Waals surface area (Å²) in [4.78, 5) is 0. The summed E-state index contributed by atoms with van der Waals surface area (Å²) in [5.41, 5.74) is 3.46. The van der Waals surface area contributed by atoms with Crippen molar-refractivity contribution in [3.05, 3.63) is 70.5 Å². The van der Waals surface area contributed by atoms with E-state index in [0.717, 1.165) is 16.5 Å². The van der Waals surface area contributed by atoms with Crippen molar-refractivity contribution in [2.75, 3.05) is 0 Å². The van der Waals surface area contributed by atoms with E-state index >= 15 is 0 Å². The third kappa shape index (κ3) is 2.19. The summed E-state index contributed by atoms with van der Waals surface area (Å²) >= 11 is 6.13. The highest BCUT2D eigenvalue weighted by Crippen LogP contribution is 2.33. The third-order valence-corrected chi connectivity index (χ3v) is 3.95. The second kappa shape index (κ2) is 4.92. The molecule has 0 aliphatic rings. The van der Waals surface area contributed by atoms with Crippen LogP contribution in [-0.2, 0) is 0 Å². The van der Waals surface area contributed by atoms with E-state index in [1.165, 1.54) is 10.9 Å². The van der Waals surface area contributed by atoms with Crippen LogP contribution in [0.5, 0.6) is 0 Å². The zero-order chi connectivity index (χ0) is 14.3. The van der Waals surface area contributed by atoms with Crippen LogP contribution in [0.25, 0.3) is 21.9 Å². The molecule has 0 fully saturated rings. The summed E-state index contributed by atoms with van der Waals surface area (Å²) in [6.45, 7) is 3.79. The summed E-state index contributed by atoms with van der Waals surface area (Å²) in [6, 6.07) is 16.0. The van der Waals surface area contributed by atoms with Gasteiger partial charge in [0.05, 0.1) is 5.02 Å². The second-order valence-electron chi connectivity index (χ2n) is 5.12. The van der Waals surface area contributed by atoms with E-state index in [1.54, 1.807) is 13.0 Å². The molecule has 0 bridgehead atoms. The van der Waals surface area contributed by atoms with Crippen LogP contribution in [0.3, 0.4) is 0 Å². The zero-order valence-corrected chi connectivity index (χ0v) is 12.1. The van der Waals surface area contributed by atoms with Gasteiger partial charge in [-0.2, -0.15) is 0 Å². The molecular formula is C18H14ClF. The van der Waals surface area contributed by atoms with E-state index in [2.05, 4.69) is 25.1 Å². The van der Waals surface area contributed by atoms with Crippen molar-refractivity contribution in [2.24, 2.45) is 0 Å². The molecule has 0 aromatic heterocycles. The lowest BCUT2D eigenvalue weighted by Crippen LogP contribution is -1.88. The average molecular weight is 285 g/mol. The lowest BCUT2D eigenvalue weighted by atomic mass is 9.99. The molecule has 0 saturated carbocycles. The summed E-state index contributed by atoms with van der Waals surface area (Å²) in [5.74, 6) is -0.340. The second-order valence-corrected chi connectivity index (χ2v) is 5.50. The Kier molecular flexibility index (Phi) is 3.23. The number of halogens is 2. The van der Waals surface area contributed by atoms with Gasteiger partial charge in [-0.15, -0.1) is 0 Å². The predicted molar refractivity (Wildman–Crippen MR) is 83.8 cm³/mol. The van der Waals surface area contributed by atoms with Crippen molar-refractivity contribution in [2.45, 2.75) is 13.8 Å². The molecule has 0 N–H and O–H groups in total. The lowest BCUT2D eigenvalue weighted by Gasteiger charge is -2.09. The molecule has 0 amide bonds. The number of hydrogen-bond acceptors (Lipinski definition) is 0. The van der Waals surface area contributed by atoms with E-state index in [0.29, 0.717) is 5.56 Å². The average Bonchev–Trinajstić information content (AvgIpc) is 2.44. The highest BCUT2D eigenvalue weighted by Gasteiger charge is 2.11. The van der Waals surface area contributed by atoms with Gasteiger partial charge in [0.1, 0.15) is 5.82 Å². The Labute approximate surface area is 122 Å². The molecule has 20 heavy (non-hydrogen) atoms. The number of rotatable bonds is 1. The van der Waals surface area contributed by atoms with Gasteiger partial charge in [-0.05, 0) is 41.8 Å². The van der Waals surface area contributed by atoms with E-state index < -0.39 is 0 Å². The quantitative estimate of drug-likeness (QED) is 0.520. The maximum absolute atomic E-state index is 13.9. The maximum Gasteiger partial charge on any atom is 0.145 e. The van der Waals surface area contributed by atoms with Crippen LogP contribution >= 0.6 is 11.6 Å². The summed E-state index contributed by atoms with van der Waals surface area (Å²) in [5, 5.41) is 2.50. The molecular weight excluding hydrogens is 271 g/mol. The van der Waals surface area contributed by atoms with Gasteiger partial charge >= 0.3 is 0 Å². The molecule has 3 aromatic rings. The minimum absolute atomic E-state index is 0.191. The Morgan fingerprint density at radius 1 is 0.850 bits per heavy atom. The van der Waals surface area contributed by atoms with E-state index in [9.17, 15) is 4.39 Å². The van der Waals surface area contributed by atoms with Gasteiger partial charge in [0.25, 0.3) is 0 Å². The molecule has 0 aliphatic carbocycles. The normalized spacial score (nSPS) is 11.0. The standard InChI is InChI=1S/C18H14ClF/c1-11-3-5-14-10-15(7-6-13(14)9-11)16-8-4-12(2)18(20)17(16)19/h3-10H,1-2H3. The molecule has 2 heteroatoms. The molecule has 0 radical (unpaired) electrons. The Morgan fingerprint density at radius 2 is 1.55 bits per heavy atom. The van der Waals surface area contributed by atoms with Gasteiger partial charge in [-0.1, -0.05) is 59.6 Å². The molecule has 0 spiro atoms. The number of benzene rings is 3. The van der Waals surface area contributed by atoms with Crippen molar-refractivity contribution in [1.82, 2.24) is 0 Å². The number of aryl methyl sites for hydroxylation is 2. The Hall–Kier alpha value is -1.86. The highest BCUT2D eigenvalue weighted by atomic mass is 35.5. The van der Waals surface area contributed by atoms with Crippen molar-refractivity contribution in [3.63, 3.8) is 0 Å². The summed E-state index contributed by atoms with van der Waals surface area (Å²) < 4.78 is 13.9. The zero-order valence-electron chi connectivity index (χ0n) is 11.4. The van der Waals surface area contributed by atoms with Crippen LogP contribution in [0.4, 0.5) is 4.39 Å². The predicted octanol–water partition coefficient (Wildman–Crippen LogP) is 5.92. The van der Waals surface area contributed by atoms with E-state index in [1.807, 2.05) is 24.3 Å². The lowest BCUT2D eigenvalue weighted by molar-refractivity contribution is 0.619. The van der Waals surface area contributed by atoms with Gasteiger partial charge in [0.15, 0.2) is 0 Å².